The van der Waals surface area contributed by atoms with E-state index in [2.05, 4.69) is 22.1 Å². The van der Waals surface area contributed by atoms with Crippen molar-refractivity contribution in [1.82, 2.24) is 15.2 Å². The van der Waals surface area contributed by atoms with Gasteiger partial charge >= 0.3 is 0 Å². The minimum atomic E-state index is -0.433. The first kappa shape index (κ1) is 23.6. The zero-order valence-electron chi connectivity index (χ0n) is 18.8. The van der Waals surface area contributed by atoms with E-state index in [1.807, 2.05) is 55.4 Å². The van der Waals surface area contributed by atoms with Crippen molar-refractivity contribution in [3.05, 3.63) is 71.4 Å². The maximum atomic E-state index is 12.8. The van der Waals surface area contributed by atoms with Gasteiger partial charge in [-0.2, -0.15) is 0 Å². The van der Waals surface area contributed by atoms with Gasteiger partial charge in [0.2, 0.25) is 0 Å². The number of aromatic amines is 1. The Morgan fingerprint density at radius 2 is 1.97 bits per heavy atom. The monoisotopic (exact) mass is 433 g/mol. The summed E-state index contributed by atoms with van der Waals surface area (Å²) in [5.41, 5.74) is 3.33. The Bertz CT molecular complexity index is 1110. The molecule has 3 rings (SSSR count). The highest BCUT2D eigenvalue weighted by atomic mass is 16.3. The van der Waals surface area contributed by atoms with Gasteiger partial charge in [0.1, 0.15) is 0 Å². The molecule has 0 saturated heterocycles. The van der Waals surface area contributed by atoms with Gasteiger partial charge in [-0.05, 0) is 57.1 Å². The number of benzene rings is 2. The Balaban J connectivity index is 1.64. The number of carbonyl (C=O) groups excluding carboxylic acids is 1. The summed E-state index contributed by atoms with van der Waals surface area (Å²) >= 11 is 0. The number of aliphatic hydroxyl groups excluding tert-OH is 2. The highest BCUT2D eigenvalue weighted by Crippen LogP contribution is 2.19. The van der Waals surface area contributed by atoms with Crippen LogP contribution in [0.15, 0.2) is 54.7 Å². The topological polar surface area (TPSA) is 88.6 Å². The summed E-state index contributed by atoms with van der Waals surface area (Å²) in [6.07, 6.45) is 2.02. The molecule has 1 aromatic heterocycles. The van der Waals surface area contributed by atoms with E-state index in [1.54, 1.807) is 25.1 Å². The molecule has 0 bridgehead atoms. The van der Waals surface area contributed by atoms with E-state index in [1.165, 1.54) is 0 Å². The number of aliphatic hydroxyl groups is 2. The van der Waals surface area contributed by atoms with Gasteiger partial charge in [-0.1, -0.05) is 36.1 Å². The summed E-state index contributed by atoms with van der Waals surface area (Å²) < 4.78 is 0. The minimum absolute atomic E-state index is 0.00831. The fourth-order valence-electron chi connectivity index (χ4n) is 3.51. The molecule has 0 aliphatic carbocycles. The first-order chi connectivity index (χ1) is 15.4. The molecule has 0 aliphatic rings. The van der Waals surface area contributed by atoms with Crippen LogP contribution in [0.1, 0.15) is 35.3 Å². The smallest absolute Gasteiger partial charge is 0.251 e. The molecule has 1 unspecified atom stereocenters. The second kappa shape index (κ2) is 11.0. The Hall–Kier alpha value is -3.11. The van der Waals surface area contributed by atoms with Crippen molar-refractivity contribution in [2.45, 2.75) is 38.5 Å². The lowest BCUT2D eigenvalue weighted by Gasteiger charge is -2.24. The minimum Gasteiger partial charge on any atom is -0.394 e. The number of hydrogen-bond acceptors (Lipinski definition) is 4. The second-order valence-corrected chi connectivity index (χ2v) is 8.20. The number of carbonyl (C=O) groups is 1. The Morgan fingerprint density at radius 3 is 2.72 bits per heavy atom. The van der Waals surface area contributed by atoms with Crippen molar-refractivity contribution < 1.29 is 15.0 Å². The van der Waals surface area contributed by atoms with Crippen LogP contribution in [0.5, 0.6) is 0 Å². The number of nitrogens with one attached hydrogen (secondary N) is 2. The SMILES string of the molecule is CC([C@@H](C)O)N(C)CC#Cc1cccc(C(=O)N[C@@H](CO)Cc2c[nH]c3ccccc23)c1. The summed E-state index contributed by atoms with van der Waals surface area (Å²) in [4.78, 5) is 18.0. The number of fused-ring (bicyclic) bond motifs is 1. The largest absolute Gasteiger partial charge is 0.394 e. The zero-order valence-corrected chi connectivity index (χ0v) is 18.8. The van der Waals surface area contributed by atoms with Crippen LogP contribution in [0.2, 0.25) is 0 Å². The van der Waals surface area contributed by atoms with Crippen molar-refractivity contribution >= 4 is 16.8 Å². The molecule has 3 atom stereocenters. The van der Waals surface area contributed by atoms with Crippen LogP contribution in [0.3, 0.4) is 0 Å². The molecule has 1 heterocycles. The number of likely N-dealkylation sites (N-methyl/N-ethyl adjacent to an activating group) is 1. The molecule has 4 N–H and O–H groups in total. The molecule has 32 heavy (non-hydrogen) atoms. The van der Waals surface area contributed by atoms with E-state index >= 15 is 0 Å². The predicted molar refractivity (Wildman–Crippen MR) is 127 cm³/mol. The number of para-hydroxylation sites is 1. The van der Waals surface area contributed by atoms with Gasteiger partial charge in [-0.3, -0.25) is 9.69 Å². The first-order valence-electron chi connectivity index (χ1n) is 10.8. The molecular weight excluding hydrogens is 402 g/mol. The number of hydrogen-bond donors (Lipinski definition) is 4. The number of rotatable bonds is 8. The van der Waals surface area contributed by atoms with Crippen LogP contribution >= 0.6 is 0 Å². The molecule has 6 nitrogen and oxygen atoms in total. The molecule has 6 heteroatoms. The molecule has 0 saturated carbocycles. The molecule has 0 radical (unpaired) electrons. The number of amides is 1. The van der Waals surface area contributed by atoms with E-state index in [9.17, 15) is 15.0 Å². The molecule has 2 aromatic carbocycles. The van der Waals surface area contributed by atoms with Crippen LogP contribution < -0.4 is 5.32 Å². The van der Waals surface area contributed by atoms with Gasteiger partial charge in [0, 0.05) is 34.3 Å². The average Bonchev–Trinajstić information content (AvgIpc) is 3.20. The summed E-state index contributed by atoms with van der Waals surface area (Å²) in [5, 5.41) is 23.5. The van der Waals surface area contributed by atoms with Gasteiger partial charge in [-0.15, -0.1) is 0 Å². The Labute approximate surface area is 189 Å². The second-order valence-electron chi connectivity index (χ2n) is 8.20. The van der Waals surface area contributed by atoms with Crippen LogP contribution in [-0.4, -0.2) is 64.4 Å². The van der Waals surface area contributed by atoms with Crippen LogP contribution in [0, 0.1) is 11.8 Å². The first-order valence-corrected chi connectivity index (χ1v) is 10.8. The normalized spacial score (nSPS) is 13.9. The zero-order chi connectivity index (χ0) is 23.1. The number of H-pyrrole nitrogens is 1. The standard InChI is InChI=1S/C26H31N3O3/c1-18(19(2)31)29(3)13-7-9-20-8-6-10-21(14-20)26(32)28-23(17-30)15-22-16-27-25-12-5-4-11-24(22)25/h4-6,8,10-12,14,16,18-19,23,27,30-31H,13,15,17H2,1-3H3,(H,28,32)/t18?,19-,23-/m1/s1. The molecule has 168 valence electrons. The fraction of sp³-hybridized carbons (Fsp3) is 0.346. The maximum absolute atomic E-state index is 12.8. The third kappa shape index (κ3) is 5.98. The van der Waals surface area contributed by atoms with Crippen molar-refractivity contribution in [3.63, 3.8) is 0 Å². The van der Waals surface area contributed by atoms with Crippen molar-refractivity contribution in [2.24, 2.45) is 0 Å². The highest BCUT2D eigenvalue weighted by molar-refractivity contribution is 5.94. The third-order valence-corrected chi connectivity index (χ3v) is 5.78. The van der Waals surface area contributed by atoms with E-state index in [0.717, 1.165) is 22.0 Å². The Morgan fingerprint density at radius 1 is 1.19 bits per heavy atom. The van der Waals surface area contributed by atoms with Crippen molar-refractivity contribution in [3.8, 4) is 11.8 Å². The van der Waals surface area contributed by atoms with Gasteiger partial charge in [0.15, 0.2) is 0 Å². The maximum Gasteiger partial charge on any atom is 0.251 e. The summed E-state index contributed by atoms with van der Waals surface area (Å²) in [6.45, 7) is 4.07. The number of aromatic nitrogens is 1. The van der Waals surface area contributed by atoms with E-state index in [0.29, 0.717) is 18.5 Å². The van der Waals surface area contributed by atoms with E-state index in [-0.39, 0.29) is 18.6 Å². The summed E-state index contributed by atoms with van der Waals surface area (Å²) in [5.74, 6) is 5.93. The lowest BCUT2D eigenvalue weighted by atomic mass is 10.0. The van der Waals surface area contributed by atoms with E-state index in [4.69, 9.17) is 0 Å². The average molecular weight is 434 g/mol. The Kier molecular flexibility index (Phi) is 8.07. The van der Waals surface area contributed by atoms with Crippen molar-refractivity contribution in [1.29, 1.82) is 0 Å². The highest BCUT2D eigenvalue weighted by Gasteiger charge is 2.16. The molecular formula is C26H31N3O3. The van der Waals surface area contributed by atoms with Gasteiger partial charge < -0.3 is 20.5 Å². The fourth-order valence-corrected chi connectivity index (χ4v) is 3.51. The lowest BCUT2D eigenvalue weighted by molar-refractivity contribution is 0.0916. The van der Waals surface area contributed by atoms with E-state index < -0.39 is 12.1 Å². The van der Waals surface area contributed by atoms with Crippen LogP contribution in [0.4, 0.5) is 0 Å². The molecule has 0 fully saturated rings. The molecule has 1 amide bonds. The predicted octanol–water partition coefficient (Wildman–Crippen LogP) is 2.55. The third-order valence-electron chi connectivity index (χ3n) is 5.78. The van der Waals surface area contributed by atoms with Crippen LogP contribution in [0.25, 0.3) is 10.9 Å². The lowest BCUT2D eigenvalue weighted by Crippen LogP contribution is -2.39. The quantitative estimate of drug-likeness (QED) is 0.411. The molecule has 0 spiro atoms. The molecule has 3 aromatic rings. The van der Waals surface area contributed by atoms with Gasteiger partial charge in [-0.25, -0.2) is 0 Å². The van der Waals surface area contributed by atoms with Crippen LogP contribution in [-0.2, 0) is 6.42 Å². The summed E-state index contributed by atoms with van der Waals surface area (Å²) in [6, 6.07) is 14.7. The summed E-state index contributed by atoms with van der Waals surface area (Å²) in [7, 11) is 1.92. The molecule has 0 aliphatic heterocycles. The van der Waals surface area contributed by atoms with Crippen molar-refractivity contribution in [2.75, 3.05) is 20.2 Å². The van der Waals surface area contributed by atoms with Gasteiger partial charge in [0.05, 0.1) is 25.3 Å². The number of nitrogens with zero attached hydrogens (tertiary/aromatic N) is 1. The van der Waals surface area contributed by atoms with Gasteiger partial charge in [0.25, 0.3) is 5.91 Å².